The van der Waals surface area contributed by atoms with Gasteiger partial charge in [0.1, 0.15) is 18.5 Å². The molecular formula is C21H20FN3O5. The lowest BCUT2D eigenvalue weighted by atomic mass is 10.0. The van der Waals surface area contributed by atoms with Crippen molar-refractivity contribution in [3.63, 3.8) is 0 Å². The zero-order chi connectivity index (χ0) is 21.4. The van der Waals surface area contributed by atoms with Crippen molar-refractivity contribution in [2.75, 3.05) is 24.6 Å². The maximum Gasteiger partial charge on any atom is 0.262 e. The molecule has 4 rings (SSSR count). The van der Waals surface area contributed by atoms with Crippen molar-refractivity contribution in [3.8, 4) is 12.3 Å². The van der Waals surface area contributed by atoms with E-state index >= 15 is 0 Å². The summed E-state index contributed by atoms with van der Waals surface area (Å²) in [5.74, 6) is -0.766. The molecule has 2 saturated heterocycles. The van der Waals surface area contributed by atoms with E-state index in [1.54, 1.807) is 4.90 Å². The van der Waals surface area contributed by atoms with Crippen LogP contribution in [0, 0.1) is 18.2 Å². The van der Waals surface area contributed by atoms with E-state index in [4.69, 9.17) is 11.2 Å². The van der Waals surface area contributed by atoms with Crippen LogP contribution in [0.5, 0.6) is 0 Å². The quantitative estimate of drug-likeness (QED) is 0.581. The molecule has 3 heterocycles. The van der Waals surface area contributed by atoms with Gasteiger partial charge in [0.15, 0.2) is 0 Å². The molecule has 0 bridgehead atoms. The number of rotatable bonds is 4. The van der Waals surface area contributed by atoms with E-state index in [1.807, 2.05) is 0 Å². The van der Waals surface area contributed by atoms with Gasteiger partial charge in [-0.05, 0) is 31.4 Å². The van der Waals surface area contributed by atoms with Crippen molar-refractivity contribution in [2.24, 2.45) is 0 Å². The van der Waals surface area contributed by atoms with Crippen molar-refractivity contribution in [1.29, 1.82) is 0 Å². The Morgan fingerprint density at radius 3 is 2.60 bits per heavy atom. The second kappa shape index (κ2) is 7.88. The van der Waals surface area contributed by atoms with Gasteiger partial charge >= 0.3 is 0 Å². The van der Waals surface area contributed by atoms with Crippen LogP contribution in [-0.4, -0.2) is 60.4 Å². The average Bonchev–Trinajstić information content (AvgIpc) is 2.96. The predicted molar refractivity (Wildman–Crippen MR) is 103 cm³/mol. The van der Waals surface area contributed by atoms with Gasteiger partial charge < -0.3 is 9.64 Å². The Bertz CT molecular complexity index is 986. The van der Waals surface area contributed by atoms with Crippen LogP contribution in [0.1, 0.15) is 46.4 Å². The molecule has 0 spiro atoms. The first-order valence-corrected chi connectivity index (χ1v) is 9.76. The highest BCUT2D eigenvalue weighted by Crippen LogP contribution is 2.33. The first kappa shape index (κ1) is 20.0. The van der Waals surface area contributed by atoms with Gasteiger partial charge in [0.05, 0.1) is 22.9 Å². The summed E-state index contributed by atoms with van der Waals surface area (Å²) < 4.78 is 20.5. The number of nitrogens with one attached hydrogen (secondary N) is 1. The lowest BCUT2D eigenvalue weighted by Gasteiger charge is -2.34. The van der Waals surface area contributed by atoms with Crippen LogP contribution >= 0.6 is 0 Å². The number of hydrogen-bond acceptors (Lipinski definition) is 6. The summed E-state index contributed by atoms with van der Waals surface area (Å²) in [6.07, 6.45) is 6.71. The highest BCUT2D eigenvalue weighted by atomic mass is 19.1. The summed E-state index contributed by atoms with van der Waals surface area (Å²) in [6.45, 7) is 1.15. The molecule has 8 nitrogen and oxygen atoms in total. The van der Waals surface area contributed by atoms with Crippen molar-refractivity contribution in [3.05, 3.63) is 29.1 Å². The van der Waals surface area contributed by atoms with Crippen LogP contribution in [0.2, 0.25) is 0 Å². The third-order valence-electron chi connectivity index (χ3n) is 5.63. The Morgan fingerprint density at radius 1 is 1.17 bits per heavy atom. The number of hydrogen-bond donors (Lipinski definition) is 1. The summed E-state index contributed by atoms with van der Waals surface area (Å²) in [4.78, 5) is 51.8. The van der Waals surface area contributed by atoms with E-state index in [0.29, 0.717) is 13.1 Å². The highest BCUT2D eigenvalue weighted by Gasteiger charge is 2.45. The van der Waals surface area contributed by atoms with Crippen LogP contribution in [0.25, 0.3) is 0 Å². The molecular weight excluding hydrogens is 393 g/mol. The van der Waals surface area contributed by atoms with Crippen LogP contribution in [0.15, 0.2) is 12.1 Å². The van der Waals surface area contributed by atoms with E-state index in [1.165, 1.54) is 6.07 Å². The van der Waals surface area contributed by atoms with Gasteiger partial charge in [-0.15, -0.1) is 6.42 Å². The van der Waals surface area contributed by atoms with Crippen molar-refractivity contribution in [2.45, 2.75) is 37.8 Å². The minimum atomic E-state index is -1.09. The molecule has 0 aromatic heterocycles. The number of anilines is 1. The molecule has 0 aliphatic carbocycles. The molecule has 1 aromatic carbocycles. The predicted octanol–water partition coefficient (Wildman–Crippen LogP) is 0.845. The fourth-order valence-electron chi connectivity index (χ4n) is 4.18. The van der Waals surface area contributed by atoms with E-state index in [0.717, 1.165) is 23.8 Å². The third-order valence-corrected chi connectivity index (χ3v) is 5.63. The summed E-state index contributed by atoms with van der Waals surface area (Å²) in [6, 6.07) is 1.32. The van der Waals surface area contributed by atoms with Gasteiger partial charge in [-0.1, -0.05) is 5.92 Å². The topological polar surface area (TPSA) is 96.0 Å². The lowest BCUT2D eigenvalue weighted by Crippen LogP contribution is -2.54. The lowest BCUT2D eigenvalue weighted by molar-refractivity contribution is -0.136. The molecule has 0 saturated carbocycles. The van der Waals surface area contributed by atoms with Gasteiger partial charge in [-0.3, -0.25) is 29.4 Å². The molecule has 2 unspecified atom stereocenters. The van der Waals surface area contributed by atoms with Crippen LogP contribution in [0.4, 0.5) is 10.1 Å². The molecule has 1 N–H and O–H groups in total. The molecule has 4 amide bonds. The fourth-order valence-corrected chi connectivity index (χ4v) is 4.18. The molecule has 3 aliphatic rings. The number of terminal acetylenes is 1. The number of halogens is 1. The highest BCUT2D eigenvalue weighted by molar-refractivity contribution is 6.23. The number of carbonyl (C=O) groups excluding carboxylic acids is 4. The van der Waals surface area contributed by atoms with E-state index in [-0.39, 0.29) is 42.4 Å². The Balaban J connectivity index is 1.60. The molecule has 156 valence electrons. The summed E-state index contributed by atoms with van der Waals surface area (Å²) >= 11 is 0. The first-order valence-electron chi connectivity index (χ1n) is 9.76. The SMILES string of the molecule is C#CCOC1CCCN(c2cc3c(cc2F)C(=O)N(C2CCC(=O)NC2=O)C3=O)C1. The van der Waals surface area contributed by atoms with E-state index in [2.05, 4.69) is 11.2 Å². The zero-order valence-corrected chi connectivity index (χ0v) is 16.2. The Kier molecular flexibility index (Phi) is 5.26. The van der Waals surface area contributed by atoms with Gasteiger partial charge in [0, 0.05) is 19.5 Å². The number of piperidine rings is 2. The first-order chi connectivity index (χ1) is 14.4. The zero-order valence-electron chi connectivity index (χ0n) is 16.2. The second-order valence-corrected chi connectivity index (χ2v) is 7.52. The number of carbonyl (C=O) groups is 4. The number of nitrogens with zero attached hydrogens (tertiary/aromatic N) is 2. The molecule has 0 radical (unpaired) electrons. The van der Waals surface area contributed by atoms with Gasteiger partial charge in [0.25, 0.3) is 11.8 Å². The van der Waals surface area contributed by atoms with E-state index < -0.39 is 35.5 Å². The monoisotopic (exact) mass is 413 g/mol. The average molecular weight is 413 g/mol. The van der Waals surface area contributed by atoms with Crippen molar-refractivity contribution < 1.29 is 28.3 Å². The molecule has 9 heteroatoms. The Labute approximate surface area is 172 Å². The van der Waals surface area contributed by atoms with Crippen molar-refractivity contribution >= 4 is 29.3 Å². The third kappa shape index (κ3) is 3.44. The number of amides is 4. The number of fused-ring (bicyclic) bond motifs is 1. The molecule has 1 aromatic rings. The summed E-state index contributed by atoms with van der Waals surface area (Å²) in [5.41, 5.74) is 0.171. The van der Waals surface area contributed by atoms with Crippen LogP contribution in [-0.2, 0) is 14.3 Å². The maximum atomic E-state index is 14.9. The largest absolute Gasteiger partial charge is 0.367 e. The Hall–Kier alpha value is -3.25. The number of imide groups is 2. The van der Waals surface area contributed by atoms with Gasteiger partial charge in [0.2, 0.25) is 11.8 Å². The van der Waals surface area contributed by atoms with Crippen molar-refractivity contribution in [1.82, 2.24) is 10.2 Å². The molecule has 3 aliphatic heterocycles. The second-order valence-electron chi connectivity index (χ2n) is 7.52. The number of benzene rings is 1. The standard InChI is InChI=1S/C21H20FN3O5/c1-2-8-30-12-4-3-7-24(11-12)17-10-14-13(9-15(17)22)20(28)25(21(14)29)16-5-6-18(26)23-19(16)27/h1,9-10,12,16H,3-8,11H2,(H,23,26,27). The van der Waals surface area contributed by atoms with Gasteiger partial charge in [-0.25, -0.2) is 4.39 Å². The minimum absolute atomic E-state index is 0.0241. The van der Waals surface area contributed by atoms with Gasteiger partial charge in [-0.2, -0.15) is 0 Å². The van der Waals surface area contributed by atoms with Crippen LogP contribution < -0.4 is 10.2 Å². The summed E-state index contributed by atoms with van der Waals surface area (Å²) in [7, 11) is 0. The Morgan fingerprint density at radius 2 is 1.90 bits per heavy atom. The normalized spacial score (nSPS) is 24.0. The maximum absolute atomic E-state index is 14.9. The molecule has 30 heavy (non-hydrogen) atoms. The van der Waals surface area contributed by atoms with Crippen LogP contribution in [0.3, 0.4) is 0 Å². The molecule has 2 atom stereocenters. The molecule has 2 fully saturated rings. The summed E-state index contributed by atoms with van der Waals surface area (Å²) in [5, 5.41) is 2.14. The minimum Gasteiger partial charge on any atom is -0.367 e. The number of ether oxygens (including phenoxy) is 1. The fraction of sp³-hybridized carbons (Fsp3) is 0.429. The smallest absolute Gasteiger partial charge is 0.262 e. The van der Waals surface area contributed by atoms with E-state index in [9.17, 15) is 23.6 Å².